The van der Waals surface area contributed by atoms with Crippen LogP contribution >= 0.6 is 11.6 Å². The van der Waals surface area contributed by atoms with Gasteiger partial charge in [-0.3, -0.25) is 5.32 Å². The van der Waals surface area contributed by atoms with E-state index in [2.05, 4.69) is 5.32 Å². The van der Waals surface area contributed by atoms with Gasteiger partial charge in [-0.05, 0) is 24.3 Å². The summed E-state index contributed by atoms with van der Waals surface area (Å²) in [4.78, 5) is 11.0. The van der Waals surface area contributed by atoms with Gasteiger partial charge in [-0.15, -0.1) is 0 Å². The summed E-state index contributed by atoms with van der Waals surface area (Å²) >= 11 is 5.67. The molecule has 0 spiro atoms. The summed E-state index contributed by atoms with van der Waals surface area (Å²) in [5, 5.41) is 3.15. The van der Waals surface area contributed by atoms with E-state index in [9.17, 15) is 4.79 Å². The lowest BCUT2D eigenvalue weighted by molar-refractivity contribution is 0.165. The Morgan fingerprint density at radius 1 is 1.50 bits per heavy atom. The van der Waals surface area contributed by atoms with Gasteiger partial charge < -0.3 is 10.5 Å². The van der Waals surface area contributed by atoms with E-state index < -0.39 is 6.09 Å². The van der Waals surface area contributed by atoms with Crippen molar-refractivity contribution in [3.63, 3.8) is 0 Å². The number of nitrogens with one attached hydrogen (secondary N) is 1. The first-order valence-corrected chi connectivity index (χ1v) is 4.49. The third-order valence-electron chi connectivity index (χ3n) is 1.44. The number of hydrogen-bond acceptors (Lipinski definition) is 3. The monoisotopic (exact) mass is 216 g/mol. The number of hydrogen-bond donors (Lipinski definition) is 2. The summed E-state index contributed by atoms with van der Waals surface area (Å²) in [6, 6.07) is 6.73. The van der Waals surface area contributed by atoms with Gasteiger partial charge in [0.1, 0.15) is 6.61 Å². The Kier molecular flexibility index (Phi) is 4.22. The summed E-state index contributed by atoms with van der Waals surface area (Å²) < 4.78 is 4.72. The molecule has 14 heavy (non-hydrogen) atoms. The van der Waals surface area contributed by atoms with Crippen LogP contribution in [0.1, 0.15) is 1.43 Å². The Hall–Kier alpha value is -1.26. The molecule has 1 amide bonds. The zero-order valence-electron chi connectivity index (χ0n) is 7.50. The Bertz CT molecular complexity index is 305. The quantitative estimate of drug-likeness (QED) is 0.813. The lowest BCUT2D eigenvalue weighted by atomic mass is 10.3. The number of carbonyl (C=O) groups is 1. The molecule has 0 fully saturated rings. The minimum Gasteiger partial charge on any atom is -0.448 e. The van der Waals surface area contributed by atoms with E-state index in [1.807, 2.05) is 0 Å². The molecule has 0 saturated carbocycles. The maximum Gasteiger partial charge on any atom is 0.411 e. The molecule has 1 rings (SSSR count). The Labute approximate surface area is 88.5 Å². The van der Waals surface area contributed by atoms with Crippen molar-refractivity contribution in [1.29, 1.82) is 0 Å². The fourth-order valence-corrected chi connectivity index (χ4v) is 0.965. The van der Waals surface area contributed by atoms with Crippen molar-refractivity contribution in [2.75, 3.05) is 18.5 Å². The third kappa shape index (κ3) is 3.64. The van der Waals surface area contributed by atoms with Crippen LogP contribution in [-0.4, -0.2) is 19.2 Å². The second kappa shape index (κ2) is 5.47. The minimum absolute atomic E-state index is 0. The Morgan fingerprint density at radius 3 is 2.71 bits per heavy atom. The van der Waals surface area contributed by atoms with Crippen LogP contribution in [0, 0.1) is 0 Å². The largest absolute Gasteiger partial charge is 0.448 e. The lowest BCUT2D eigenvalue weighted by Gasteiger charge is -2.05. The molecule has 0 atom stereocenters. The highest BCUT2D eigenvalue weighted by Crippen LogP contribution is 2.13. The average molecular weight is 217 g/mol. The van der Waals surface area contributed by atoms with Gasteiger partial charge in [0.25, 0.3) is 0 Å². The summed E-state index contributed by atoms with van der Waals surface area (Å²) in [6.07, 6.45) is -0.516. The van der Waals surface area contributed by atoms with E-state index in [-0.39, 0.29) is 8.03 Å². The van der Waals surface area contributed by atoms with Crippen molar-refractivity contribution in [2.24, 2.45) is 5.73 Å². The van der Waals surface area contributed by atoms with Crippen LogP contribution in [0.15, 0.2) is 24.3 Å². The Balaban J connectivity index is 0.00000196. The lowest BCUT2D eigenvalue weighted by Crippen LogP contribution is -2.18. The predicted molar refractivity (Wildman–Crippen MR) is 57.6 cm³/mol. The first kappa shape index (κ1) is 10.8. The van der Waals surface area contributed by atoms with E-state index >= 15 is 0 Å². The number of amides is 1. The van der Waals surface area contributed by atoms with Crippen molar-refractivity contribution in [3.8, 4) is 0 Å². The van der Waals surface area contributed by atoms with Gasteiger partial charge in [0.15, 0.2) is 0 Å². The van der Waals surface area contributed by atoms with Crippen molar-refractivity contribution in [2.45, 2.75) is 0 Å². The van der Waals surface area contributed by atoms with Gasteiger partial charge >= 0.3 is 6.09 Å². The van der Waals surface area contributed by atoms with E-state index in [1.165, 1.54) is 0 Å². The highest BCUT2D eigenvalue weighted by Gasteiger charge is 2.01. The molecule has 0 saturated heterocycles. The molecular weight excluding hydrogens is 204 g/mol. The van der Waals surface area contributed by atoms with E-state index in [1.54, 1.807) is 24.3 Å². The fourth-order valence-electron chi connectivity index (χ4n) is 0.839. The molecular formula is C9H13ClN2O2. The first-order valence-electron chi connectivity index (χ1n) is 4.12. The van der Waals surface area contributed by atoms with Crippen LogP contribution in [0.4, 0.5) is 10.5 Å². The van der Waals surface area contributed by atoms with Gasteiger partial charge in [-0.2, -0.15) is 0 Å². The highest BCUT2D eigenvalue weighted by atomic mass is 35.5. The van der Waals surface area contributed by atoms with Crippen LogP contribution in [0.3, 0.4) is 0 Å². The molecule has 0 aliphatic heterocycles. The van der Waals surface area contributed by atoms with Gasteiger partial charge in [0, 0.05) is 18.7 Å². The molecule has 4 nitrogen and oxygen atoms in total. The van der Waals surface area contributed by atoms with E-state index in [4.69, 9.17) is 22.1 Å². The zero-order valence-corrected chi connectivity index (χ0v) is 8.25. The van der Waals surface area contributed by atoms with Crippen LogP contribution in [0.2, 0.25) is 5.02 Å². The van der Waals surface area contributed by atoms with Crippen molar-refractivity contribution in [3.05, 3.63) is 29.3 Å². The van der Waals surface area contributed by atoms with E-state index in [0.29, 0.717) is 17.3 Å². The summed E-state index contributed by atoms with van der Waals surface area (Å²) in [6.45, 7) is 0.521. The van der Waals surface area contributed by atoms with Crippen LogP contribution < -0.4 is 11.1 Å². The van der Waals surface area contributed by atoms with E-state index in [0.717, 1.165) is 0 Å². The zero-order chi connectivity index (χ0) is 10.4. The average Bonchev–Trinajstić information content (AvgIpc) is 2.18. The standard InChI is InChI=1S/C9H11ClN2O2.H2/c10-7-1-3-8(4-2-7)12-9(13)14-6-5-11;/h1-4H,5-6,11H2,(H,12,13);1H. The molecule has 0 bridgehead atoms. The maximum absolute atomic E-state index is 11.0. The van der Waals surface area contributed by atoms with Gasteiger partial charge in [0.2, 0.25) is 0 Å². The number of rotatable bonds is 3. The molecule has 0 heterocycles. The number of ether oxygens (including phenoxy) is 1. The van der Waals surface area contributed by atoms with Crippen LogP contribution in [0.25, 0.3) is 0 Å². The molecule has 3 N–H and O–H groups in total. The van der Waals surface area contributed by atoms with Crippen molar-refractivity contribution in [1.82, 2.24) is 0 Å². The second-order valence-corrected chi connectivity index (χ2v) is 2.99. The molecule has 78 valence electrons. The fraction of sp³-hybridized carbons (Fsp3) is 0.222. The number of nitrogens with two attached hydrogens (primary N) is 1. The highest BCUT2D eigenvalue weighted by molar-refractivity contribution is 6.30. The normalized spacial score (nSPS) is 9.57. The first-order chi connectivity index (χ1) is 6.72. The molecule has 0 aromatic heterocycles. The SMILES string of the molecule is NCCOC(=O)Nc1ccc(Cl)cc1.[HH]. The van der Waals surface area contributed by atoms with Crippen molar-refractivity contribution >= 4 is 23.4 Å². The summed E-state index contributed by atoms with van der Waals surface area (Å²) in [5.74, 6) is 0. The molecule has 0 aliphatic carbocycles. The molecule has 1 aromatic carbocycles. The molecule has 0 aliphatic rings. The van der Waals surface area contributed by atoms with Gasteiger partial charge in [0.05, 0.1) is 0 Å². The van der Waals surface area contributed by atoms with Gasteiger partial charge in [-0.25, -0.2) is 4.79 Å². The minimum atomic E-state index is -0.516. The molecule has 1 aromatic rings. The molecule has 5 heteroatoms. The van der Waals surface area contributed by atoms with Crippen LogP contribution in [-0.2, 0) is 4.74 Å². The van der Waals surface area contributed by atoms with Crippen LogP contribution in [0.5, 0.6) is 0 Å². The topological polar surface area (TPSA) is 64.3 Å². The number of benzene rings is 1. The predicted octanol–water partition coefficient (Wildman–Crippen LogP) is 2.09. The summed E-state index contributed by atoms with van der Waals surface area (Å²) in [7, 11) is 0. The number of anilines is 1. The summed E-state index contributed by atoms with van der Waals surface area (Å²) in [5.41, 5.74) is 5.80. The second-order valence-electron chi connectivity index (χ2n) is 2.56. The van der Waals surface area contributed by atoms with Crippen molar-refractivity contribution < 1.29 is 11.0 Å². The number of carbonyl (C=O) groups excluding carboxylic acids is 1. The smallest absolute Gasteiger partial charge is 0.411 e. The maximum atomic E-state index is 11.0. The molecule has 0 radical (unpaired) electrons. The third-order valence-corrected chi connectivity index (χ3v) is 1.69. The van der Waals surface area contributed by atoms with Gasteiger partial charge in [-0.1, -0.05) is 11.6 Å². The Morgan fingerprint density at radius 2 is 2.14 bits per heavy atom. The number of halogens is 1. The molecule has 0 unspecified atom stereocenters.